The minimum Gasteiger partial charge on any atom is -0.495 e. The van der Waals surface area contributed by atoms with Crippen molar-refractivity contribution in [1.29, 1.82) is 0 Å². The van der Waals surface area contributed by atoms with Crippen molar-refractivity contribution in [1.82, 2.24) is 4.98 Å². The van der Waals surface area contributed by atoms with Crippen LogP contribution in [0.1, 0.15) is 42.1 Å². The Morgan fingerprint density at radius 1 is 1.09 bits per heavy atom. The van der Waals surface area contributed by atoms with Crippen LogP contribution in [0.4, 0.5) is 5.69 Å². The van der Waals surface area contributed by atoms with Crippen molar-refractivity contribution >= 4 is 45.9 Å². The van der Waals surface area contributed by atoms with Gasteiger partial charge in [0.15, 0.2) is 5.58 Å². The first-order valence-corrected chi connectivity index (χ1v) is 11.0. The van der Waals surface area contributed by atoms with Crippen molar-refractivity contribution in [2.45, 2.75) is 26.2 Å². The highest BCUT2D eigenvalue weighted by atomic mass is 35.5. The molecule has 7 heteroatoms. The molecule has 32 heavy (non-hydrogen) atoms. The second kappa shape index (κ2) is 9.23. The predicted molar refractivity (Wildman–Crippen MR) is 129 cm³/mol. The number of anilines is 1. The summed E-state index contributed by atoms with van der Waals surface area (Å²) in [6.07, 6.45) is 1.05. The number of fused-ring (bicyclic) bond motifs is 1. The second-order valence-corrected chi connectivity index (χ2v) is 8.37. The zero-order valence-electron chi connectivity index (χ0n) is 17.9. The Labute approximate surface area is 196 Å². The van der Waals surface area contributed by atoms with Crippen LogP contribution in [-0.4, -0.2) is 18.0 Å². The van der Waals surface area contributed by atoms with Gasteiger partial charge in [-0.15, -0.1) is 0 Å². The average molecular weight is 469 g/mol. The first-order valence-electron chi connectivity index (χ1n) is 10.2. The Hall–Kier alpha value is -3.02. The van der Waals surface area contributed by atoms with Crippen LogP contribution in [0.25, 0.3) is 22.6 Å². The van der Waals surface area contributed by atoms with Gasteiger partial charge >= 0.3 is 0 Å². The number of methoxy groups -OCH3 is 1. The minimum atomic E-state index is -0.343. The summed E-state index contributed by atoms with van der Waals surface area (Å²) in [5.41, 5.74) is 4.27. The summed E-state index contributed by atoms with van der Waals surface area (Å²) in [6.45, 7) is 4.35. The normalized spacial score (nSPS) is 12.0. The van der Waals surface area contributed by atoms with Crippen molar-refractivity contribution < 1.29 is 13.9 Å². The second-order valence-electron chi connectivity index (χ2n) is 7.55. The Morgan fingerprint density at radius 2 is 1.91 bits per heavy atom. The molecule has 5 nitrogen and oxygen atoms in total. The SMILES string of the molecule is CC[C@H](C)c1ccc2oc(-c3ccc(Cl)c(NC(=O)c4ccc(OC)c(Cl)c4)c3)nc2c1. The molecule has 1 N–H and O–H groups in total. The van der Waals surface area contributed by atoms with E-state index in [9.17, 15) is 4.79 Å². The number of oxazole rings is 1. The number of halogens is 2. The minimum absolute atomic E-state index is 0.343. The van der Waals surface area contributed by atoms with Crippen LogP contribution in [0.2, 0.25) is 10.0 Å². The molecule has 1 aromatic heterocycles. The number of hydrogen-bond acceptors (Lipinski definition) is 4. The van der Waals surface area contributed by atoms with E-state index < -0.39 is 0 Å². The Kier molecular flexibility index (Phi) is 6.40. The molecule has 0 unspecified atom stereocenters. The monoisotopic (exact) mass is 468 g/mol. The number of nitrogens with zero attached hydrogens (tertiary/aromatic N) is 1. The number of carbonyl (C=O) groups is 1. The first kappa shape index (κ1) is 22.2. The van der Waals surface area contributed by atoms with Gasteiger partial charge in [-0.25, -0.2) is 4.98 Å². The summed E-state index contributed by atoms with van der Waals surface area (Å²) in [4.78, 5) is 17.4. The number of hydrogen-bond donors (Lipinski definition) is 1. The largest absolute Gasteiger partial charge is 0.495 e. The molecule has 0 fully saturated rings. The molecule has 0 aliphatic carbocycles. The van der Waals surface area contributed by atoms with Gasteiger partial charge in [0, 0.05) is 11.1 Å². The lowest BCUT2D eigenvalue weighted by molar-refractivity contribution is 0.102. The smallest absolute Gasteiger partial charge is 0.255 e. The van der Waals surface area contributed by atoms with Gasteiger partial charge in [0.1, 0.15) is 11.3 Å². The van der Waals surface area contributed by atoms with Crippen molar-refractivity contribution in [2.24, 2.45) is 0 Å². The van der Waals surface area contributed by atoms with Gasteiger partial charge in [0.25, 0.3) is 5.91 Å². The van der Waals surface area contributed by atoms with Crippen LogP contribution in [0.3, 0.4) is 0 Å². The quantitative estimate of drug-likeness (QED) is 0.316. The van der Waals surface area contributed by atoms with E-state index in [0.29, 0.717) is 50.0 Å². The maximum absolute atomic E-state index is 12.7. The number of amides is 1. The molecule has 1 amide bonds. The van der Waals surface area contributed by atoms with Crippen LogP contribution >= 0.6 is 23.2 Å². The van der Waals surface area contributed by atoms with E-state index in [0.717, 1.165) is 11.9 Å². The molecule has 164 valence electrons. The maximum Gasteiger partial charge on any atom is 0.255 e. The molecule has 3 aromatic carbocycles. The fourth-order valence-corrected chi connectivity index (χ4v) is 3.79. The number of benzene rings is 3. The zero-order valence-corrected chi connectivity index (χ0v) is 19.4. The third-order valence-electron chi connectivity index (χ3n) is 5.47. The molecule has 0 spiro atoms. The Bertz CT molecular complexity index is 1300. The van der Waals surface area contributed by atoms with Crippen LogP contribution < -0.4 is 10.1 Å². The van der Waals surface area contributed by atoms with Crippen molar-refractivity contribution in [2.75, 3.05) is 12.4 Å². The van der Waals surface area contributed by atoms with Crippen LogP contribution in [0, 0.1) is 0 Å². The third kappa shape index (κ3) is 4.45. The number of nitrogens with one attached hydrogen (secondary N) is 1. The molecule has 0 saturated carbocycles. The lowest BCUT2D eigenvalue weighted by Crippen LogP contribution is -2.12. The third-order valence-corrected chi connectivity index (χ3v) is 6.09. The van der Waals surface area contributed by atoms with Crippen molar-refractivity contribution in [3.05, 3.63) is 75.8 Å². The van der Waals surface area contributed by atoms with E-state index in [1.54, 1.807) is 30.3 Å². The van der Waals surface area contributed by atoms with Crippen LogP contribution in [0.15, 0.2) is 59.0 Å². The van der Waals surface area contributed by atoms with Crippen LogP contribution in [0.5, 0.6) is 5.75 Å². The van der Waals surface area contributed by atoms with Gasteiger partial charge in [-0.05, 0) is 66.4 Å². The van der Waals surface area contributed by atoms with Gasteiger partial charge in [-0.1, -0.05) is 43.1 Å². The van der Waals surface area contributed by atoms with E-state index in [1.807, 2.05) is 12.1 Å². The number of carbonyl (C=O) groups excluding carboxylic acids is 1. The summed E-state index contributed by atoms with van der Waals surface area (Å²) in [7, 11) is 1.52. The summed E-state index contributed by atoms with van der Waals surface area (Å²) < 4.78 is 11.1. The van der Waals surface area contributed by atoms with E-state index in [-0.39, 0.29) is 5.91 Å². The van der Waals surface area contributed by atoms with Gasteiger partial charge in [0.2, 0.25) is 5.89 Å². The highest BCUT2D eigenvalue weighted by Gasteiger charge is 2.15. The average Bonchev–Trinajstić information content (AvgIpc) is 3.23. The molecule has 0 radical (unpaired) electrons. The lowest BCUT2D eigenvalue weighted by Gasteiger charge is -2.10. The molecule has 4 aromatic rings. The number of rotatable bonds is 6. The number of aromatic nitrogens is 1. The van der Waals surface area contributed by atoms with Crippen LogP contribution in [-0.2, 0) is 0 Å². The summed E-state index contributed by atoms with van der Waals surface area (Å²) >= 11 is 12.5. The van der Waals surface area contributed by atoms with Crippen molar-refractivity contribution in [3.63, 3.8) is 0 Å². The Balaban J connectivity index is 1.62. The topological polar surface area (TPSA) is 64.4 Å². The highest BCUT2D eigenvalue weighted by Crippen LogP contribution is 2.32. The fraction of sp³-hybridized carbons (Fsp3) is 0.200. The summed E-state index contributed by atoms with van der Waals surface area (Å²) in [5, 5.41) is 3.58. The maximum atomic E-state index is 12.7. The highest BCUT2D eigenvalue weighted by molar-refractivity contribution is 6.34. The van der Waals surface area contributed by atoms with Gasteiger partial charge in [-0.3, -0.25) is 4.79 Å². The molecule has 0 aliphatic heterocycles. The summed E-state index contributed by atoms with van der Waals surface area (Å²) in [5.74, 6) is 1.06. The molecule has 4 rings (SSSR count). The van der Waals surface area contributed by atoms with E-state index in [4.69, 9.17) is 32.4 Å². The lowest BCUT2D eigenvalue weighted by atomic mass is 9.98. The molecule has 1 heterocycles. The van der Waals surface area contributed by atoms with Gasteiger partial charge in [0.05, 0.1) is 22.8 Å². The fourth-order valence-electron chi connectivity index (χ4n) is 3.37. The van der Waals surface area contributed by atoms with E-state index in [1.165, 1.54) is 12.7 Å². The standard InChI is InChI=1S/C25H22Cl2N2O3/c1-4-14(2)15-6-10-23-21(12-15)29-25(32-23)17-5-8-18(26)20(13-17)28-24(30)16-7-9-22(31-3)19(27)11-16/h5-14H,4H2,1-3H3,(H,28,30)/t14-/m0/s1. The van der Waals surface area contributed by atoms with Gasteiger partial charge < -0.3 is 14.5 Å². The predicted octanol–water partition coefficient (Wildman–Crippen LogP) is 7.58. The molecule has 0 bridgehead atoms. The van der Waals surface area contributed by atoms with Crippen molar-refractivity contribution in [3.8, 4) is 17.2 Å². The zero-order chi connectivity index (χ0) is 22.8. The first-order chi connectivity index (χ1) is 15.4. The van der Waals surface area contributed by atoms with E-state index in [2.05, 4.69) is 36.3 Å². The molecule has 0 aliphatic rings. The van der Waals surface area contributed by atoms with E-state index >= 15 is 0 Å². The molecular formula is C25H22Cl2N2O3. The molecule has 1 atom stereocenters. The Morgan fingerprint density at radius 3 is 2.62 bits per heavy atom. The molecular weight excluding hydrogens is 447 g/mol. The number of ether oxygens (including phenoxy) is 1. The summed E-state index contributed by atoms with van der Waals surface area (Å²) in [6, 6.07) is 16.1. The molecule has 0 saturated heterocycles. The van der Waals surface area contributed by atoms with Gasteiger partial charge in [-0.2, -0.15) is 0 Å².